The number of nitrogens with zero attached hydrogens (tertiary/aromatic N) is 1. The molecule has 0 aromatic heterocycles. The zero-order valence-electron chi connectivity index (χ0n) is 18.7. The lowest BCUT2D eigenvalue weighted by atomic mass is 9.49. The summed E-state index contributed by atoms with van der Waals surface area (Å²) in [5, 5.41) is 21.8. The molecule has 0 fully saturated rings. The minimum absolute atomic E-state index is 0.108. The Morgan fingerprint density at radius 3 is 2.12 bits per heavy atom. The lowest BCUT2D eigenvalue weighted by Crippen LogP contribution is -2.55. The molecule has 32 heavy (non-hydrogen) atoms. The zero-order chi connectivity index (χ0) is 23.6. The first kappa shape index (κ1) is 21.4. The third kappa shape index (κ3) is 2.35. The number of carbonyl (C=O) groups excluding carboxylic acids is 2. The number of nitriles is 1. The molecule has 0 bridgehead atoms. The number of rotatable bonds is 3. The highest BCUT2D eigenvalue weighted by Crippen LogP contribution is 2.60. The van der Waals surface area contributed by atoms with Crippen molar-refractivity contribution in [2.75, 3.05) is 21.3 Å². The van der Waals surface area contributed by atoms with Crippen LogP contribution in [0.4, 0.5) is 0 Å². The van der Waals surface area contributed by atoms with Crippen LogP contribution in [-0.2, 0) is 5.41 Å². The molecule has 2 aliphatic carbocycles. The number of methoxy groups -OCH3 is 3. The highest BCUT2D eigenvalue weighted by atomic mass is 16.5. The van der Waals surface area contributed by atoms with Gasteiger partial charge in [0.1, 0.15) is 23.0 Å². The number of hydrogen-bond donors (Lipinski definition) is 1. The second-order valence-electron chi connectivity index (χ2n) is 8.49. The van der Waals surface area contributed by atoms with Crippen LogP contribution in [0.25, 0.3) is 5.76 Å². The second-order valence-corrected chi connectivity index (χ2v) is 8.49. The van der Waals surface area contributed by atoms with E-state index in [4.69, 9.17) is 14.2 Å². The zero-order valence-corrected chi connectivity index (χ0v) is 18.7. The van der Waals surface area contributed by atoms with Crippen molar-refractivity contribution in [1.29, 1.82) is 5.26 Å². The van der Waals surface area contributed by atoms with Crippen molar-refractivity contribution < 1.29 is 28.9 Å². The van der Waals surface area contributed by atoms with E-state index in [0.717, 1.165) is 0 Å². The van der Waals surface area contributed by atoms with Crippen LogP contribution in [0.5, 0.6) is 17.2 Å². The van der Waals surface area contributed by atoms with Gasteiger partial charge in [-0.25, -0.2) is 0 Å². The van der Waals surface area contributed by atoms with E-state index in [-0.39, 0.29) is 28.0 Å². The normalized spacial score (nSPS) is 20.7. The fraction of sp³-hybridized carbons (Fsp3) is 0.320. The molecule has 1 unspecified atom stereocenters. The second kappa shape index (κ2) is 6.86. The number of ether oxygens (including phenoxy) is 3. The minimum Gasteiger partial charge on any atom is -0.507 e. The van der Waals surface area contributed by atoms with Gasteiger partial charge in [-0.15, -0.1) is 0 Å². The molecule has 2 aliphatic rings. The number of benzene rings is 2. The highest BCUT2D eigenvalue weighted by Gasteiger charge is 2.64. The van der Waals surface area contributed by atoms with Crippen LogP contribution in [0.15, 0.2) is 29.8 Å². The van der Waals surface area contributed by atoms with Crippen LogP contribution in [0.1, 0.15) is 51.3 Å². The van der Waals surface area contributed by atoms with E-state index in [1.165, 1.54) is 27.4 Å². The predicted octanol–water partition coefficient (Wildman–Crippen LogP) is 4.17. The van der Waals surface area contributed by atoms with Crippen molar-refractivity contribution >= 4 is 17.3 Å². The van der Waals surface area contributed by atoms with Crippen LogP contribution >= 0.6 is 0 Å². The summed E-state index contributed by atoms with van der Waals surface area (Å²) in [4.78, 5) is 27.8. The molecule has 1 N–H and O–H groups in total. The molecule has 7 nitrogen and oxygen atoms in total. The van der Waals surface area contributed by atoms with Crippen molar-refractivity contribution in [2.45, 2.75) is 26.2 Å². The van der Waals surface area contributed by atoms with Crippen molar-refractivity contribution in [3.05, 3.63) is 57.7 Å². The van der Waals surface area contributed by atoms with E-state index in [1.54, 1.807) is 39.0 Å². The number of ketones is 2. The van der Waals surface area contributed by atoms with Crippen molar-refractivity contribution in [3.63, 3.8) is 0 Å². The summed E-state index contributed by atoms with van der Waals surface area (Å²) in [5.74, 6) is -0.429. The Hall–Kier alpha value is -3.79. The van der Waals surface area contributed by atoms with E-state index in [1.807, 2.05) is 0 Å². The summed E-state index contributed by atoms with van der Waals surface area (Å²) in [5.41, 5.74) is -1.85. The SMILES string of the molecule is COc1cc(C)c2c(c1)C(=O)C1(C#N)C(=C(O)c3c(OC)cc(OC)cc3C1(C)C)C2=O. The quantitative estimate of drug-likeness (QED) is 0.774. The Labute approximate surface area is 185 Å². The lowest BCUT2D eigenvalue weighted by molar-refractivity contribution is 0.0748. The maximum Gasteiger partial charge on any atom is 0.195 e. The number of aliphatic hydroxyl groups is 1. The highest BCUT2D eigenvalue weighted by molar-refractivity contribution is 6.30. The Morgan fingerprint density at radius 2 is 1.56 bits per heavy atom. The Morgan fingerprint density at radius 1 is 0.938 bits per heavy atom. The Kier molecular flexibility index (Phi) is 4.59. The minimum atomic E-state index is -1.95. The Balaban J connectivity index is 2.20. The molecule has 1 atom stereocenters. The number of Topliss-reactive ketones (excluding diaryl/α,β-unsaturated/α-hetero) is 2. The molecule has 0 amide bonds. The average molecular weight is 433 g/mol. The van der Waals surface area contributed by atoms with Gasteiger partial charge in [0.25, 0.3) is 0 Å². The smallest absolute Gasteiger partial charge is 0.195 e. The van der Waals surface area contributed by atoms with E-state index in [2.05, 4.69) is 6.07 Å². The van der Waals surface area contributed by atoms with E-state index >= 15 is 0 Å². The van der Waals surface area contributed by atoms with Crippen LogP contribution < -0.4 is 14.2 Å². The summed E-state index contributed by atoms with van der Waals surface area (Å²) in [6.45, 7) is 5.12. The van der Waals surface area contributed by atoms with E-state index in [9.17, 15) is 20.0 Å². The van der Waals surface area contributed by atoms with Gasteiger partial charge in [0.15, 0.2) is 17.0 Å². The fourth-order valence-corrected chi connectivity index (χ4v) is 5.02. The Bertz CT molecular complexity index is 1280. The van der Waals surface area contributed by atoms with E-state index < -0.39 is 28.2 Å². The molecular formula is C25H23NO6. The molecule has 4 rings (SSSR count). The standard InChI is InChI=1S/C25H23NO6/c1-12-7-13(30-4)8-15-18(12)21(27)20-22(28)19-16(9-14(31-5)10-17(19)32-6)24(2,3)25(20,11-26)23(15)29/h7-10,28H,1-6H3. The van der Waals surface area contributed by atoms with Gasteiger partial charge in [0.2, 0.25) is 0 Å². The average Bonchev–Trinajstić information content (AvgIpc) is 2.78. The number of hydrogen-bond acceptors (Lipinski definition) is 7. The monoisotopic (exact) mass is 433 g/mol. The maximum absolute atomic E-state index is 14.0. The van der Waals surface area contributed by atoms with Crippen molar-refractivity contribution in [1.82, 2.24) is 0 Å². The first-order chi connectivity index (χ1) is 15.1. The topological polar surface area (TPSA) is 106 Å². The molecule has 7 heteroatoms. The summed E-state index contributed by atoms with van der Waals surface area (Å²) in [6, 6.07) is 8.50. The maximum atomic E-state index is 14.0. The first-order valence-electron chi connectivity index (χ1n) is 10.0. The van der Waals surface area contributed by atoms with Crippen LogP contribution in [0, 0.1) is 23.7 Å². The molecule has 164 valence electrons. The van der Waals surface area contributed by atoms with Gasteiger partial charge in [0, 0.05) is 22.6 Å². The molecule has 0 heterocycles. The van der Waals surface area contributed by atoms with Gasteiger partial charge in [-0.05, 0) is 36.2 Å². The fourth-order valence-electron chi connectivity index (χ4n) is 5.02. The summed E-state index contributed by atoms with van der Waals surface area (Å²) < 4.78 is 16.2. The summed E-state index contributed by atoms with van der Waals surface area (Å²) >= 11 is 0. The molecular weight excluding hydrogens is 410 g/mol. The number of fused-ring (bicyclic) bond motifs is 3. The van der Waals surface area contributed by atoms with E-state index in [0.29, 0.717) is 22.6 Å². The molecule has 2 aromatic rings. The summed E-state index contributed by atoms with van der Waals surface area (Å²) in [7, 11) is 4.39. The van der Waals surface area contributed by atoms with Crippen LogP contribution in [0.2, 0.25) is 0 Å². The number of aliphatic hydroxyl groups excluding tert-OH is 1. The van der Waals surface area contributed by atoms with Gasteiger partial charge in [-0.2, -0.15) is 5.26 Å². The van der Waals surface area contributed by atoms with Crippen LogP contribution in [0.3, 0.4) is 0 Å². The number of carbonyl (C=O) groups is 2. The van der Waals surface area contributed by atoms with Gasteiger partial charge in [-0.1, -0.05) is 13.8 Å². The van der Waals surface area contributed by atoms with Gasteiger partial charge in [-0.3, -0.25) is 9.59 Å². The van der Waals surface area contributed by atoms with Crippen molar-refractivity contribution in [3.8, 4) is 23.3 Å². The molecule has 0 aliphatic heterocycles. The molecule has 0 saturated heterocycles. The number of allylic oxidation sites excluding steroid dienone is 1. The first-order valence-corrected chi connectivity index (χ1v) is 10.0. The van der Waals surface area contributed by atoms with Gasteiger partial charge in [0.05, 0.1) is 38.5 Å². The molecule has 2 aromatic carbocycles. The molecule has 0 radical (unpaired) electrons. The number of aryl methyl sites for hydroxylation is 1. The lowest BCUT2D eigenvalue weighted by Gasteiger charge is -2.48. The van der Waals surface area contributed by atoms with Crippen LogP contribution in [-0.4, -0.2) is 38.0 Å². The third-order valence-corrected chi connectivity index (χ3v) is 6.74. The van der Waals surface area contributed by atoms with Crippen molar-refractivity contribution in [2.24, 2.45) is 5.41 Å². The summed E-state index contributed by atoms with van der Waals surface area (Å²) in [6.07, 6.45) is 0. The van der Waals surface area contributed by atoms with Gasteiger partial charge >= 0.3 is 0 Å². The molecule has 0 spiro atoms. The predicted molar refractivity (Wildman–Crippen MR) is 117 cm³/mol. The largest absolute Gasteiger partial charge is 0.507 e. The molecule has 0 saturated carbocycles. The third-order valence-electron chi connectivity index (χ3n) is 6.74. The van der Waals surface area contributed by atoms with Gasteiger partial charge < -0.3 is 19.3 Å².